The van der Waals surface area contributed by atoms with Crippen LogP contribution < -0.4 is 0 Å². The zero-order valence-electron chi connectivity index (χ0n) is 11.4. The summed E-state index contributed by atoms with van der Waals surface area (Å²) in [6, 6.07) is 0. The fraction of sp³-hybridized carbons (Fsp3) is 0.857. The van der Waals surface area contributed by atoms with Gasteiger partial charge in [0.25, 0.3) is 0 Å². The Morgan fingerprint density at radius 3 is 2.41 bits per heavy atom. The summed E-state index contributed by atoms with van der Waals surface area (Å²) in [5.74, 6) is 1.20. The van der Waals surface area contributed by atoms with Crippen molar-refractivity contribution in [2.75, 3.05) is 20.1 Å². The Morgan fingerprint density at radius 2 is 1.82 bits per heavy atom. The molecule has 0 aromatic heterocycles. The van der Waals surface area contributed by atoms with Gasteiger partial charge in [-0.3, -0.25) is 10.3 Å². The van der Waals surface area contributed by atoms with Crippen LogP contribution in [0.3, 0.4) is 0 Å². The van der Waals surface area contributed by atoms with Crippen LogP contribution in [0.15, 0.2) is 12.3 Å². The van der Waals surface area contributed by atoms with Crippen molar-refractivity contribution in [3.05, 3.63) is 12.3 Å². The summed E-state index contributed by atoms with van der Waals surface area (Å²) in [4.78, 5) is 2.39. The van der Waals surface area contributed by atoms with Crippen LogP contribution in [0.25, 0.3) is 0 Å². The van der Waals surface area contributed by atoms with E-state index in [0.717, 1.165) is 12.1 Å². The van der Waals surface area contributed by atoms with Crippen LogP contribution >= 0.6 is 0 Å². The fourth-order valence-electron chi connectivity index (χ4n) is 3.27. The van der Waals surface area contributed by atoms with Gasteiger partial charge in [-0.25, -0.2) is 0 Å². The van der Waals surface area contributed by atoms with Crippen LogP contribution in [0.4, 0.5) is 0 Å². The van der Waals surface area contributed by atoms with Crippen LogP contribution in [0.1, 0.15) is 39.5 Å². The van der Waals surface area contributed by atoms with Crippen molar-refractivity contribution in [2.24, 2.45) is 11.8 Å². The molecular formula is C14H26N2O. The van der Waals surface area contributed by atoms with Gasteiger partial charge in [-0.2, -0.15) is 0 Å². The summed E-state index contributed by atoms with van der Waals surface area (Å²) in [7, 11) is 2.19. The molecule has 1 atom stereocenters. The molecule has 1 unspecified atom stereocenters. The molecule has 2 heterocycles. The largest absolute Gasteiger partial charge is 0.306 e. The SMILES string of the molecule is C=C1C(C2CCN(C)CC2)CCC(C)(C)N1O. The van der Waals surface area contributed by atoms with E-state index >= 15 is 0 Å². The molecule has 2 aliphatic heterocycles. The Morgan fingerprint density at radius 1 is 1.24 bits per heavy atom. The van der Waals surface area contributed by atoms with E-state index in [-0.39, 0.29) is 5.54 Å². The van der Waals surface area contributed by atoms with Crippen molar-refractivity contribution in [2.45, 2.75) is 45.1 Å². The molecule has 3 nitrogen and oxygen atoms in total. The van der Waals surface area contributed by atoms with E-state index in [1.165, 1.54) is 37.4 Å². The van der Waals surface area contributed by atoms with Crippen molar-refractivity contribution in [1.29, 1.82) is 0 Å². The lowest BCUT2D eigenvalue weighted by Gasteiger charge is -2.47. The van der Waals surface area contributed by atoms with Crippen LogP contribution in [0.5, 0.6) is 0 Å². The Kier molecular flexibility index (Phi) is 3.50. The molecule has 3 heteroatoms. The van der Waals surface area contributed by atoms with Gasteiger partial charge in [0.15, 0.2) is 0 Å². The van der Waals surface area contributed by atoms with E-state index < -0.39 is 0 Å². The summed E-state index contributed by atoms with van der Waals surface area (Å²) in [6.07, 6.45) is 4.72. The van der Waals surface area contributed by atoms with Gasteiger partial charge >= 0.3 is 0 Å². The van der Waals surface area contributed by atoms with E-state index in [1.807, 2.05) is 0 Å². The maximum atomic E-state index is 10.2. The third kappa shape index (κ3) is 2.50. The quantitative estimate of drug-likeness (QED) is 0.761. The molecule has 0 saturated carbocycles. The molecule has 0 spiro atoms. The monoisotopic (exact) mass is 238 g/mol. The standard InChI is InChI=1S/C14H26N2O/c1-11-13(5-8-14(2,3)16(11)17)12-6-9-15(4)10-7-12/h12-13,17H,1,5-10H2,2-4H3. The summed E-state index contributed by atoms with van der Waals surface area (Å²) < 4.78 is 0. The first-order chi connectivity index (χ1) is 7.92. The second kappa shape index (κ2) is 4.62. The highest BCUT2D eigenvalue weighted by molar-refractivity contribution is 5.08. The van der Waals surface area contributed by atoms with Gasteiger partial charge in [0.2, 0.25) is 0 Å². The second-order valence-corrected chi connectivity index (χ2v) is 6.40. The number of nitrogens with zero attached hydrogens (tertiary/aromatic N) is 2. The van der Waals surface area contributed by atoms with Gasteiger partial charge in [0, 0.05) is 11.6 Å². The smallest absolute Gasteiger partial charge is 0.0612 e. The maximum Gasteiger partial charge on any atom is 0.0612 e. The first kappa shape index (κ1) is 12.9. The molecule has 1 N–H and O–H groups in total. The highest BCUT2D eigenvalue weighted by atomic mass is 16.5. The van der Waals surface area contributed by atoms with E-state index in [0.29, 0.717) is 11.8 Å². The minimum atomic E-state index is -0.140. The third-order valence-corrected chi connectivity index (χ3v) is 4.67. The molecule has 2 rings (SSSR count). The number of likely N-dealkylation sites (tertiary alicyclic amines) is 1. The number of piperidine rings is 2. The third-order valence-electron chi connectivity index (χ3n) is 4.67. The number of hydrogen-bond acceptors (Lipinski definition) is 3. The van der Waals surface area contributed by atoms with Crippen LogP contribution in [-0.4, -0.2) is 40.8 Å². The van der Waals surface area contributed by atoms with Crippen molar-refractivity contribution >= 4 is 0 Å². The molecule has 2 saturated heterocycles. The molecular weight excluding hydrogens is 212 g/mol. The Hall–Kier alpha value is -0.540. The van der Waals surface area contributed by atoms with Crippen molar-refractivity contribution in [3.8, 4) is 0 Å². The number of hydrogen-bond donors (Lipinski definition) is 1. The van der Waals surface area contributed by atoms with Crippen LogP contribution in [0.2, 0.25) is 0 Å². The van der Waals surface area contributed by atoms with Gasteiger partial charge in [0.1, 0.15) is 0 Å². The zero-order chi connectivity index (χ0) is 12.6. The van der Waals surface area contributed by atoms with Crippen molar-refractivity contribution in [1.82, 2.24) is 9.96 Å². The molecule has 0 aliphatic carbocycles. The van der Waals surface area contributed by atoms with Crippen molar-refractivity contribution < 1.29 is 5.21 Å². The topological polar surface area (TPSA) is 26.7 Å². The number of hydroxylamine groups is 2. The van der Waals surface area contributed by atoms with Crippen LogP contribution in [-0.2, 0) is 0 Å². The summed E-state index contributed by atoms with van der Waals surface area (Å²) >= 11 is 0. The Balaban J connectivity index is 2.01. The minimum Gasteiger partial charge on any atom is -0.306 e. The lowest BCUT2D eigenvalue weighted by Crippen LogP contribution is -2.48. The number of allylic oxidation sites excluding steroid dienone is 1. The van der Waals surface area contributed by atoms with E-state index in [9.17, 15) is 5.21 Å². The molecule has 0 radical (unpaired) electrons. The number of rotatable bonds is 1. The molecule has 17 heavy (non-hydrogen) atoms. The van der Waals surface area contributed by atoms with E-state index in [2.05, 4.69) is 32.4 Å². The van der Waals surface area contributed by atoms with E-state index in [1.54, 1.807) is 0 Å². The molecule has 0 bridgehead atoms. The maximum absolute atomic E-state index is 10.2. The highest BCUT2D eigenvalue weighted by Gasteiger charge is 2.39. The Bertz CT molecular complexity index is 293. The molecule has 98 valence electrons. The molecule has 2 fully saturated rings. The summed E-state index contributed by atoms with van der Waals surface area (Å²) in [6.45, 7) is 10.7. The summed E-state index contributed by atoms with van der Waals surface area (Å²) in [5, 5.41) is 11.6. The van der Waals surface area contributed by atoms with Crippen LogP contribution in [0, 0.1) is 11.8 Å². The van der Waals surface area contributed by atoms with Crippen molar-refractivity contribution in [3.63, 3.8) is 0 Å². The Labute approximate surface area is 105 Å². The lowest BCUT2D eigenvalue weighted by molar-refractivity contribution is -0.160. The minimum absolute atomic E-state index is 0.140. The van der Waals surface area contributed by atoms with Gasteiger partial charge in [-0.15, -0.1) is 0 Å². The van der Waals surface area contributed by atoms with E-state index in [4.69, 9.17) is 0 Å². The molecule has 0 amide bonds. The summed E-state index contributed by atoms with van der Waals surface area (Å²) in [5.41, 5.74) is 0.801. The van der Waals surface area contributed by atoms with Gasteiger partial charge in [-0.05, 0) is 65.6 Å². The second-order valence-electron chi connectivity index (χ2n) is 6.40. The molecule has 2 aliphatic rings. The average molecular weight is 238 g/mol. The lowest BCUT2D eigenvalue weighted by atomic mass is 9.74. The predicted molar refractivity (Wildman–Crippen MR) is 69.8 cm³/mol. The first-order valence-corrected chi connectivity index (χ1v) is 6.78. The normalized spacial score (nSPS) is 31.9. The average Bonchev–Trinajstić information content (AvgIpc) is 2.28. The van der Waals surface area contributed by atoms with Gasteiger partial charge in [0.05, 0.1) is 5.54 Å². The van der Waals surface area contributed by atoms with Gasteiger partial charge in [-0.1, -0.05) is 6.58 Å². The fourth-order valence-corrected chi connectivity index (χ4v) is 3.27. The highest BCUT2D eigenvalue weighted by Crippen LogP contribution is 2.41. The van der Waals surface area contributed by atoms with Gasteiger partial charge < -0.3 is 4.90 Å². The zero-order valence-corrected chi connectivity index (χ0v) is 11.4. The first-order valence-electron chi connectivity index (χ1n) is 6.78. The molecule has 0 aromatic carbocycles. The predicted octanol–water partition coefficient (Wildman–Crippen LogP) is 2.72. The molecule has 0 aromatic rings.